The minimum Gasteiger partial charge on any atom is -0.465 e. The summed E-state index contributed by atoms with van der Waals surface area (Å²) in [6, 6.07) is -0.531. The first-order valence-corrected chi connectivity index (χ1v) is 5.87. The van der Waals surface area contributed by atoms with Crippen molar-refractivity contribution in [1.29, 1.82) is 0 Å². The average molecular weight is 246 g/mol. The van der Waals surface area contributed by atoms with Crippen molar-refractivity contribution in [2.75, 3.05) is 26.0 Å². The van der Waals surface area contributed by atoms with E-state index in [1.54, 1.807) is 6.92 Å². The summed E-state index contributed by atoms with van der Waals surface area (Å²) in [4.78, 5) is 35.0. The molecule has 1 N–H and O–H groups in total. The van der Waals surface area contributed by atoms with E-state index >= 15 is 0 Å². The Morgan fingerprint density at radius 2 is 2.31 bits per heavy atom. The van der Waals surface area contributed by atoms with Gasteiger partial charge in [0.15, 0.2) is 0 Å². The predicted molar refractivity (Wildman–Crippen MR) is 59.0 cm³/mol. The molecule has 1 fully saturated rings. The lowest BCUT2D eigenvalue weighted by Crippen LogP contribution is -2.45. The first kappa shape index (κ1) is 12.8. The fourth-order valence-corrected chi connectivity index (χ4v) is 2.03. The van der Waals surface area contributed by atoms with E-state index in [4.69, 9.17) is 4.74 Å². The van der Waals surface area contributed by atoms with Crippen LogP contribution in [0.2, 0.25) is 0 Å². The van der Waals surface area contributed by atoms with Crippen LogP contribution in [0.4, 0.5) is 4.79 Å². The number of esters is 1. The predicted octanol–water partition coefficient (Wildman–Crippen LogP) is -0.167. The number of nitrogens with one attached hydrogen (secondary N) is 1. The van der Waals surface area contributed by atoms with Crippen LogP contribution >= 0.6 is 11.8 Å². The zero-order valence-corrected chi connectivity index (χ0v) is 10.0. The smallest absolute Gasteiger partial charge is 0.325 e. The van der Waals surface area contributed by atoms with Gasteiger partial charge in [-0.25, -0.2) is 0 Å². The molecule has 16 heavy (non-hydrogen) atoms. The van der Waals surface area contributed by atoms with Crippen LogP contribution in [0.1, 0.15) is 6.92 Å². The molecule has 0 aromatic rings. The summed E-state index contributed by atoms with van der Waals surface area (Å²) in [5, 5.41) is 2.31. The number of thioether (sulfide) groups is 1. The maximum atomic E-state index is 11.7. The lowest BCUT2D eigenvalue weighted by Gasteiger charge is -2.19. The molecule has 0 aliphatic carbocycles. The Labute approximate surface area is 97.7 Å². The molecule has 1 rings (SSSR count). The first-order chi connectivity index (χ1) is 7.54. The Bertz CT molecular complexity index is 308. The molecule has 0 aromatic carbocycles. The Balaban J connectivity index is 2.41. The molecule has 90 valence electrons. The fraction of sp³-hybridized carbons (Fsp3) is 0.667. The number of nitrogens with zero attached hydrogens (tertiary/aromatic N) is 1. The van der Waals surface area contributed by atoms with Crippen molar-refractivity contribution in [2.24, 2.45) is 0 Å². The van der Waals surface area contributed by atoms with E-state index in [1.807, 2.05) is 0 Å². The van der Waals surface area contributed by atoms with Crippen molar-refractivity contribution in [3.05, 3.63) is 0 Å². The molecule has 1 heterocycles. The Morgan fingerprint density at radius 1 is 1.62 bits per heavy atom. The van der Waals surface area contributed by atoms with Crippen molar-refractivity contribution in [2.45, 2.75) is 13.0 Å². The second-order valence-corrected chi connectivity index (χ2v) is 4.29. The zero-order chi connectivity index (χ0) is 12.1. The van der Waals surface area contributed by atoms with Crippen molar-refractivity contribution in [3.8, 4) is 0 Å². The van der Waals surface area contributed by atoms with E-state index in [2.05, 4.69) is 5.32 Å². The monoisotopic (exact) mass is 246 g/mol. The van der Waals surface area contributed by atoms with Crippen molar-refractivity contribution < 1.29 is 19.1 Å². The summed E-state index contributed by atoms with van der Waals surface area (Å²) in [6.07, 6.45) is 0. The Hall–Kier alpha value is -1.24. The van der Waals surface area contributed by atoms with E-state index in [9.17, 15) is 14.4 Å². The number of rotatable bonds is 4. The maximum absolute atomic E-state index is 11.7. The summed E-state index contributed by atoms with van der Waals surface area (Å²) < 4.78 is 4.72. The third kappa shape index (κ3) is 3.41. The van der Waals surface area contributed by atoms with Gasteiger partial charge in [-0.3, -0.25) is 14.4 Å². The first-order valence-electron chi connectivity index (χ1n) is 4.88. The molecular formula is C9H14N2O4S. The number of ether oxygens (including phenoxy) is 1. The quantitative estimate of drug-likeness (QED) is 0.697. The highest BCUT2D eigenvalue weighted by Crippen LogP contribution is 2.14. The fourth-order valence-electron chi connectivity index (χ4n) is 1.26. The van der Waals surface area contributed by atoms with Crippen LogP contribution in [0, 0.1) is 0 Å². The van der Waals surface area contributed by atoms with Crippen LogP contribution in [0.3, 0.4) is 0 Å². The van der Waals surface area contributed by atoms with Crippen LogP contribution in [-0.4, -0.2) is 54.0 Å². The van der Waals surface area contributed by atoms with Gasteiger partial charge in [0.1, 0.15) is 12.6 Å². The molecule has 7 heteroatoms. The minimum atomic E-state index is -0.531. The summed E-state index contributed by atoms with van der Waals surface area (Å²) in [5.41, 5.74) is 0. The summed E-state index contributed by atoms with van der Waals surface area (Å²) in [7, 11) is 1.51. The molecule has 1 saturated heterocycles. The largest absolute Gasteiger partial charge is 0.465 e. The van der Waals surface area contributed by atoms with Gasteiger partial charge in [0.25, 0.3) is 5.24 Å². The molecule has 0 aromatic heterocycles. The summed E-state index contributed by atoms with van der Waals surface area (Å²) in [6.45, 7) is 1.90. The number of carbonyl (C=O) groups is 3. The van der Waals surface area contributed by atoms with E-state index in [-0.39, 0.29) is 24.3 Å². The van der Waals surface area contributed by atoms with Gasteiger partial charge in [-0.2, -0.15) is 0 Å². The van der Waals surface area contributed by atoms with Gasteiger partial charge in [-0.1, -0.05) is 11.8 Å². The normalized spacial score (nSPS) is 19.1. The lowest BCUT2D eigenvalue weighted by molar-refractivity contribution is -0.148. The van der Waals surface area contributed by atoms with Crippen LogP contribution < -0.4 is 5.32 Å². The second kappa shape index (κ2) is 5.74. The number of carbonyl (C=O) groups excluding carboxylic acids is 3. The number of likely N-dealkylation sites (N-methyl/N-ethyl adjacent to an activating group) is 1. The van der Waals surface area contributed by atoms with Crippen molar-refractivity contribution in [3.63, 3.8) is 0 Å². The molecule has 0 bridgehead atoms. The molecule has 2 amide bonds. The van der Waals surface area contributed by atoms with E-state index < -0.39 is 12.0 Å². The van der Waals surface area contributed by atoms with Crippen LogP contribution in [-0.2, 0) is 14.3 Å². The van der Waals surface area contributed by atoms with Crippen molar-refractivity contribution in [1.82, 2.24) is 10.2 Å². The van der Waals surface area contributed by atoms with E-state index in [1.165, 1.54) is 11.9 Å². The van der Waals surface area contributed by atoms with E-state index in [0.29, 0.717) is 5.75 Å². The molecule has 0 saturated carbocycles. The molecule has 1 atom stereocenters. The molecule has 1 aliphatic heterocycles. The van der Waals surface area contributed by atoms with Gasteiger partial charge in [0, 0.05) is 12.8 Å². The SMILES string of the molecule is CCOC(=O)CN(C)C(=O)C1CSC(=O)N1. The average Bonchev–Trinajstić information content (AvgIpc) is 2.64. The van der Waals surface area contributed by atoms with Gasteiger partial charge in [0.05, 0.1) is 6.61 Å². The van der Waals surface area contributed by atoms with Crippen LogP contribution in [0.25, 0.3) is 0 Å². The molecular weight excluding hydrogens is 232 g/mol. The highest BCUT2D eigenvalue weighted by Gasteiger charge is 2.30. The Morgan fingerprint density at radius 3 is 2.81 bits per heavy atom. The summed E-state index contributed by atoms with van der Waals surface area (Å²) in [5.74, 6) is -0.313. The lowest BCUT2D eigenvalue weighted by atomic mass is 10.3. The van der Waals surface area contributed by atoms with Gasteiger partial charge in [-0.05, 0) is 6.92 Å². The van der Waals surface area contributed by atoms with Crippen molar-refractivity contribution >= 4 is 28.9 Å². The Kier molecular flexibility index (Phi) is 4.60. The minimum absolute atomic E-state index is 0.0935. The molecule has 1 aliphatic rings. The topological polar surface area (TPSA) is 75.7 Å². The zero-order valence-electron chi connectivity index (χ0n) is 9.19. The number of amides is 2. The van der Waals surface area contributed by atoms with Crippen LogP contribution in [0.15, 0.2) is 0 Å². The second-order valence-electron chi connectivity index (χ2n) is 3.29. The van der Waals surface area contributed by atoms with Gasteiger partial charge in [-0.15, -0.1) is 0 Å². The standard InChI is InChI=1S/C9H14N2O4S/c1-3-15-7(12)4-11(2)8(13)6-5-16-9(14)10-6/h6H,3-5H2,1-2H3,(H,10,14). The third-order valence-electron chi connectivity index (χ3n) is 2.02. The molecule has 6 nitrogen and oxygen atoms in total. The van der Waals surface area contributed by atoms with Gasteiger partial charge >= 0.3 is 5.97 Å². The molecule has 0 spiro atoms. The third-order valence-corrected chi connectivity index (χ3v) is 2.90. The highest BCUT2D eigenvalue weighted by molar-refractivity contribution is 8.14. The number of hydrogen-bond donors (Lipinski definition) is 1. The maximum Gasteiger partial charge on any atom is 0.325 e. The van der Waals surface area contributed by atoms with E-state index in [0.717, 1.165) is 11.8 Å². The molecule has 1 unspecified atom stereocenters. The van der Waals surface area contributed by atoms with Crippen LogP contribution in [0.5, 0.6) is 0 Å². The summed E-state index contributed by atoms with van der Waals surface area (Å²) >= 11 is 1.07. The molecule has 0 radical (unpaired) electrons. The highest BCUT2D eigenvalue weighted by atomic mass is 32.2. The number of hydrogen-bond acceptors (Lipinski definition) is 5. The van der Waals surface area contributed by atoms with Gasteiger partial charge in [0.2, 0.25) is 5.91 Å². The van der Waals surface area contributed by atoms with Gasteiger partial charge < -0.3 is 15.0 Å².